The summed E-state index contributed by atoms with van der Waals surface area (Å²) in [6.45, 7) is 4.25. The van der Waals surface area contributed by atoms with Gasteiger partial charge < -0.3 is 9.64 Å². The van der Waals surface area contributed by atoms with E-state index in [-0.39, 0.29) is 18.3 Å². The molecule has 19 heavy (non-hydrogen) atoms. The van der Waals surface area contributed by atoms with Crippen LogP contribution in [0, 0.1) is 6.92 Å². The minimum atomic E-state index is -0.308. The van der Waals surface area contributed by atoms with Gasteiger partial charge in [-0.3, -0.25) is 9.59 Å². The number of aryl methyl sites for hydroxylation is 1. The Kier molecular flexibility index (Phi) is 5.83. The average Bonchev–Trinajstić information content (AvgIpc) is 2.38. The van der Waals surface area contributed by atoms with E-state index in [0.29, 0.717) is 23.7 Å². The number of hydrogen-bond acceptors (Lipinski definition) is 3. The van der Waals surface area contributed by atoms with Crippen LogP contribution in [0.4, 0.5) is 0 Å². The van der Waals surface area contributed by atoms with E-state index in [4.69, 9.17) is 16.3 Å². The summed E-state index contributed by atoms with van der Waals surface area (Å²) in [5, 5.41) is 0.454. The molecule has 0 saturated heterocycles. The summed E-state index contributed by atoms with van der Waals surface area (Å²) in [7, 11) is 1.64. The van der Waals surface area contributed by atoms with Gasteiger partial charge in [0, 0.05) is 13.6 Å². The van der Waals surface area contributed by atoms with Crippen molar-refractivity contribution in [2.24, 2.45) is 0 Å². The van der Waals surface area contributed by atoms with Crippen LogP contribution in [-0.2, 0) is 9.53 Å². The Bertz CT molecular complexity index is 474. The van der Waals surface area contributed by atoms with E-state index < -0.39 is 0 Å². The molecule has 1 aromatic rings. The van der Waals surface area contributed by atoms with Crippen LogP contribution >= 0.6 is 11.6 Å². The molecule has 0 unspecified atom stereocenters. The SMILES string of the molecule is CCOC(=O)CCN(C)C(=O)c1cccc(C)c1Cl. The molecule has 0 aromatic heterocycles. The van der Waals surface area contributed by atoms with E-state index in [1.54, 1.807) is 26.1 Å². The maximum absolute atomic E-state index is 12.2. The second-order valence-electron chi connectivity index (χ2n) is 4.22. The molecule has 0 atom stereocenters. The number of ether oxygens (including phenoxy) is 1. The maximum atomic E-state index is 12.2. The molecule has 5 heteroatoms. The van der Waals surface area contributed by atoms with Crippen molar-refractivity contribution in [2.45, 2.75) is 20.3 Å². The fourth-order valence-corrected chi connectivity index (χ4v) is 1.82. The molecule has 0 fully saturated rings. The Morgan fingerprint density at radius 1 is 1.37 bits per heavy atom. The number of amides is 1. The van der Waals surface area contributed by atoms with Gasteiger partial charge in [0.2, 0.25) is 0 Å². The second kappa shape index (κ2) is 7.14. The molecule has 1 aromatic carbocycles. The van der Waals surface area contributed by atoms with Crippen LogP contribution in [0.1, 0.15) is 29.3 Å². The van der Waals surface area contributed by atoms with E-state index in [0.717, 1.165) is 5.56 Å². The van der Waals surface area contributed by atoms with Crippen molar-refractivity contribution in [1.29, 1.82) is 0 Å². The van der Waals surface area contributed by atoms with Crippen LogP contribution in [0.25, 0.3) is 0 Å². The summed E-state index contributed by atoms with van der Waals surface area (Å²) < 4.78 is 4.82. The van der Waals surface area contributed by atoms with Crippen molar-refractivity contribution < 1.29 is 14.3 Å². The van der Waals surface area contributed by atoms with Gasteiger partial charge in [-0.25, -0.2) is 0 Å². The zero-order valence-electron chi connectivity index (χ0n) is 11.4. The smallest absolute Gasteiger partial charge is 0.307 e. The number of carbonyl (C=O) groups excluding carboxylic acids is 2. The average molecular weight is 284 g/mol. The van der Waals surface area contributed by atoms with Gasteiger partial charge in [0.1, 0.15) is 0 Å². The standard InChI is InChI=1S/C14H18ClNO3/c1-4-19-12(17)8-9-16(3)14(18)11-7-5-6-10(2)13(11)15/h5-7H,4,8-9H2,1-3H3. The van der Waals surface area contributed by atoms with Gasteiger partial charge in [-0.1, -0.05) is 23.7 Å². The van der Waals surface area contributed by atoms with Crippen molar-refractivity contribution in [1.82, 2.24) is 4.90 Å². The molecule has 0 aliphatic carbocycles. The number of hydrogen-bond donors (Lipinski definition) is 0. The quantitative estimate of drug-likeness (QED) is 0.781. The summed E-state index contributed by atoms with van der Waals surface area (Å²) in [5.41, 5.74) is 1.30. The Hall–Kier alpha value is -1.55. The van der Waals surface area contributed by atoms with Crippen molar-refractivity contribution in [2.75, 3.05) is 20.2 Å². The summed E-state index contributed by atoms with van der Waals surface area (Å²) in [5.74, 6) is -0.504. The first-order valence-corrected chi connectivity index (χ1v) is 6.51. The molecule has 0 N–H and O–H groups in total. The first kappa shape index (κ1) is 15.5. The van der Waals surface area contributed by atoms with Gasteiger partial charge in [-0.2, -0.15) is 0 Å². The molecule has 1 rings (SSSR count). The topological polar surface area (TPSA) is 46.6 Å². The zero-order valence-corrected chi connectivity index (χ0v) is 12.2. The molecule has 1 amide bonds. The van der Waals surface area contributed by atoms with Crippen LogP contribution in [-0.4, -0.2) is 37.0 Å². The molecule has 0 heterocycles. The molecule has 104 valence electrons. The van der Waals surface area contributed by atoms with Crippen molar-refractivity contribution >= 4 is 23.5 Å². The third-order valence-corrected chi connectivity index (χ3v) is 3.23. The predicted molar refractivity (Wildman–Crippen MR) is 74.4 cm³/mol. The largest absolute Gasteiger partial charge is 0.466 e. The second-order valence-corrected chi connectivity index (χ2v) is 4.60. The third kappa shape index (κ3) is 4.24. The lowest BCUT2D eigenvalue weighted by Crippen LogP contribution is -2.29. The van der Waals surface area contributed by atoms with Crippen molar-refractivity contribution in [3.05, 3.63) is 34.3 Å². The van der Waals surface area contributed by atoms with Gasteiger partial charge >= 0.3 is 5.97 Å². The lowest BCUT2D eigenvalue weighted by atomic mass is 10.1. The predicted octanol–water partition coefficient (Wildman–Crippen LogP) is 2.67. The van der Waals surface area contributed by atoms with Crippen molar-refractivity contribution in [3.8, 4) is 0 Å². The summed E-state index contributed by atoms with van der Waals surface area (Å²) in [6, 6.07) is 5.31. The molecule has 4 nitrogen and oxygen atoms in total. The minimum Gasteiger partial charge on any atom is -0.466 e. The van der Waals surface area contributed by atoms with Crippen LogP contribution in [0.3, 0.4) is 0 Å². The molecular weight excluding hydrogens is 266 g/mol. The molecule has 0 bridgehead atoms. The number of benzene rings is 1. The zero-order chi connectivity index (χ0) is 14.4. The first-order valence-electron chi connectivity index (χ1n) is 6.13. The molecule has 0 aliphatic heterocycles. The van der Waals surface area contributed by atoms with Crippen LogP contribution in [0.15, 0.2) is 18.2 Å². The molecule has 0 saturated carbocycles. The number of rotatable bonds is 5. The van der Waals surface area contributed by atoms with Crippen LogP contribution < -0.4 is 0 Å². The van der Waals surface area contributed by atoms with E-state index in [2.05, 4.69) is 0 Å². The lowest BCUT2D eigenvalue weighted by molar-refractivity contribution is -0.143. The summed E-state index contributed by atoms with van der Waals surface area (Å²) in [6.07, 6.45) is 0.180. The normalized spacial score (nSPS) is 10.1. The first-order chi connectivity index (χ1) is 8.97. The highest BCUT2D eigenvalue weighted by Crippen LogP contribution is 2.21. The van der Waals surface area contributed by atoms with Crippen LogP contribution in [0.5, 0.6) is 0 Å². The minimum absolute atomic E-state index is 0.180. The fraction of sp³-hybridized carbons (Fsp3) is 0.429. The number of carbonyl (C=O) groups is 2. The summed E-state index contributed by atoms with van der Waals surface area (Å²) >= 11 is 6.11. The number of nitrogens with zero attached hydrogens (tertiary/aromatic N) is 1. The van der Waals surface area contributed by atoms with Gasteiger partial charge in [0.25, 0.3) is 5.91 Å². The Balaban J connectivity index is 2.67. The van der Waals surface area contributed by atoms with E-state index in [9.17, 15) is 9.59 Å². The molecule has 0 aliphatic rings. The molecule has 0 radical (unpaired) electrons. The molecular formula is C14H18ClNO3. The third-order valence-electron chi connectivity index (χ3n) is 2.73. The number of halogens is 1. The van der Waals surface area contributed by atoms with E-state index in [1.807, 2.05) is 13.0 Å². The highest BCUT2D eigenvalue weighted by atomic mass is 35.5. The Morgan fingerprint density at radius 3 is 2.68 bits per heavy atom. The number of esters is 1. The highest BCUT2D eigenvalue weighted by Gasteiger charge is 2.16. The maximum Gasteiger partial charge on any atom is 0.307 e. The highest BCUT2D eigenvalue weighted by molar-refractivity contribution is 6.34. The van der Waals surface area contributed by atoms with Gasteiger partial charge in [0.05, 0.1) is 23.6 Å². The Morgan fingerprint density at radius 2 is 2.05 bits per heavy atom. The van der Waals surface area contributed by atoms with Gasteiger partial charge in [-0.05, 0) is 25.5 Å². The van der Waals surface area contributed by atoms with Gasteiger partial charge in [-0.15, -0.1) is 0 Å². The van der Waals surface area contributed by atoms with E-state index >= 15 is 0 Å². The van der Waals surface area contributed by atoms with Crippen LogP contribution in [0.2, 0.25) is 5.02 Å². The Labute approximate surface area is 118 Å². The monoisotopic (exact) mass is 283 g/mol. The van der Waals surface area contributed by atoms with Gasteiger partial charge in [0.15, 0.2) is 0 Å². The van der Waals surface area contributed by atoms with Crippen molar-refractivity contribution in [3.63, 3.8) is 0 Å². The lowest BCUT2D eigenvalue weighted by Gasteiger charge is -2.17. The fourth-order valence-electron chi connectivity index (χ4n) is 1.61. The summed E-state index contributed by atoms with van der Waals surface area (Å²) in [4.78, 5) is 24.9. The van der Waals surface area contributed by atoms with E-state index in [1.165, 1.54) is 4.90 Å². The molecule has 0 spiro atoms.